The van der Waals surface area contributed by atoms with E-state index in [0.29, 0.717) is 24.6 Å². The minimum absolute atomic E-state index is 0.00188. The van der Waals surface area contributed by atoms with Crippen molar-refractivity contribution in [3.63, 3.8) is 0 Å². The van der Waals surface area contributed by atoms with Gasteiger partial charge >= 0.3 is 0 Å². The molecule has 0 unspecified atom stereocenters. The van der Waals surface area contributed by atoms with Crippen LogP contribution >= 0.6 is 11.3 Å². The van der Waals surface area contributed by atoms with E-state index in [4.69, 9.17) is 9.84 Å². The van der Waals surface area contributed by atoms with Gasteiger partial charge in [-0.15, -0.1) is 11.3 Å². The van der Waals surface area contributed by atoms with Crippen LogP contribution in [0.1, 0.15) is 15.4 Å². The summed E-state index contributed by atoms with van der Waals surface area (Å²) in [4.78, 5) is 16.1. The molecule has 0 aromatic carbocycles. The van der Waals surface area contributed by atoms with E-state index in [-0.39, 0.29) is 12.5 Å². The Labute approximate surface area is 92.1 Å². The van der Waals surface area contributed by atoms with Gasteiger partial charge in [0.05, 0.1) is 31.0 Å². The number of aryl methyl sites for hydroxylation is 1. The van der Waals surface area contributed by atoms with Crippen LogP contribution in [0.4, 0.5) is 0 Å². The highest BCUT2D eigenvalue weighted by molar-refractivity contribution is 7.11. The molecule has 1 amide bonds. The Balaban J connectivity index is 2.22. The van der Waals surface area contributed by atoms with Crippen molar-refractivity contribution in [2.75, 3.05) is 26.4 Å². The molecule has 0 saturated carbocycles. The molecule has 0 aliphatic carbocycles. The third-order valence-electron chi connectivity index (χ3n) is 1.72. The highest BCUT2D eigenvalue weighted by Gasteiger charge is 2.10. The number of ether oxygens (including phenoxy) is 1. The fourth-order valence-electron chi connectivity index (χ4n) is 1.00. The number of hydrogen-bond acceptors (Lipinski definition) is 5. The SMILES string of the molecule is Cc1ncsc1C(=O)NCCOCCO. The number of aliphatic hydroxyl groups is 1. The lowest BCUT2D eigenvalue weighted by Gasteiger charge is -2.04. The summed E-state index contributed by atoms with van der Waals surface area (Å²) < 4.78 is 5.00. The Morgan fingerprint density at radius 1 is 1.67 bits per heavy atom. The van der Waals surface area contributed by atoms with E-state index in [2.05, 4.69) is 10.3 Å². The fourth-order valence-corrected chi connectivity index (χ4v) is 1.72. The molecule has 1 aromatic heterocycles. The Bertz CT molecular complexity index is 314. The lowest BCUT2D eigenvalue weighted by atomic mass is 10.4. The van der Waals surface area contributed by atoms with Crippen molar-refractivity contribution >= 4 is 17.2 Å². The Hall–Kier alpha value is -0.980. The van der Waals surface area contributed by atoms with Crippen LogP contribution < -0.4 is 5.32 Å². The number of aromatic nitrogens is 1. The largest absolute Gasteiger partial charge is 0.394 e. The molecule has 5 nitrogen and oxygen atoms in total. The van der Waals surface area contributed by atoms with Crippen LogP contribution in [0.15, 0.2) is 5.51 Å². The first kappa shape index (κ1) is 12.1. The quantitative estimate of drug-likeness (QED) is 0.684. The number of aliphatic hydroxyl groups excluding tert-OH is 1. The standard InChI is InChI=1S/C9H14N2O3S/c1-7-8(15-6-11-7)9(13)10-2-4-14-5-3-12/h6,12H,2-5H2,1H3,(H,10,13). The van der Waals surface area contributed by atoms with Gasteiger partial charge in [0.25, 0.3) is 5.91 Å². The van der Waals surface area contributed by atoms with Gasteiger partial charge < -0.3 is 15.2 Å². The number of nitrogens with zero attached hydrogens (tertiary/aromatic N) is 1. The molecule has 2 N–H and O–H groups in total. The molecule has 1 aromatic rings. The molecule has 0 aliphatic heterocycles. The molecule has 0 atom stereocenters. The van der Waals surface area contributed by atoms with Crippen molar-refractivity contribution in [2.24, 2.45) is 0 Å². The third kappa shape index (κ3) is 3.94. The second kappa shape index (κ2) is 6.49. The van der Waals surface area contributed by atoms with Crippen molar-refractivity contribution < 1.29 is 14.6 Å². The Morgan fingerprint density at radius 3 is 3.07 bits per heavy atom. The van der Waals surface area contributed by atoms with Crippen LogP contribution in [-0.4, -0.2) is 42.4 Å². The maximum atomic E-state index is 11.5. The molecule has 0 aliphatic rings. The molecule has 0 fully saturated rings. The summed E-state index contributed by atoms with van der Waals surface area (Å²) in [5.41, 5.74) is 2.39. The van der Waals surface area contributed by atoms with Crippen molar-refractivity contribution in [1.82, 2.24) is 10.3 Å². The Morgan fingerprint density at radius 2 is 2.47 bits per heavy atom. The van der Waals surface area contributed by atoms with E-state index in [0.717, 1.165) is 5.69 Å². The minimum Gasteiger partial charge on any atom is -0.394 e. The van der Waals surface area contributed by atoms with Gasteiger partial charge in [-0.1, -0.05) is 0 Å². The number of nitrogens with one attached hydrogen (secondary N) is 1. The van der Waals surface area contributed by atoms with E-state index in [1.54, 1.807) is 12.4 Å². The van der Waals surface area contributed by atoms with E-state index in [1.165, 1.54) is 11.3 Å². The monoisotopic (exact) mass is 230 g/mol. The lowest BCUT2D eigenvalue weighted by molar-refractivity contribution is 0.0840. The summed E-state index contributed by atoms with van der Waals surface area (Å²) in [7, 11) is 0. The van der Waals surface area contributed by atoms with Crippen LogP contribution in [-0.2, 0) is 4.74 Å². The molecule has 15 heavy (non-hydrogen) atoms. The zero-order valence-electron chi connectivity index (χ0n) is 8.52. The van der Waals surface area contributed by atoms with Crippen LogP contribution in [0.3, 0.4) is 0 Å². The molecule has 1 heterocycles. The first-order valence-electron chi connectivity index (χ1n) is 4.62. The normalized spacial score (nSPS) is 10.3. The van der Waals surface area contributed by atoms with Crippen molar-refractivity contribution in [2.45, 2.75) is 6.92 Å². The molecular formula is C9H14N2O3S. The Kier molecular flexibility index (Phi) is 5.23. The van der Waals surface area contributed by atoms with Crippen LogP contribution in [0, 0.1) is 6.92 Å². The predicted octanol–water partition coefficient (Wildman–Crippen LogP) is 0.190. The van der Waals surface area contributed by atoms with E-state index < -0.39 is 0 Å². The van der Waals surface area contributed by atoms with Gasteiger partial charge in [0.1, 0.15) is 4.88 Å². The second-order valence-electron chi connectivity index (χ2n) is 2.86. The van der Waals surface area contributed by atoms with Gasteiger partial charge in [0.15, 0.2) is 0 Å². The third-order valence-corrected chi connectivity index (χ3v) is 2.65. The summed E-state index contributed by atoms with van der Waals surface area (Å²) >= 11 is 1.32. The topological polar surface area (TPSA) is 71.5 Å². The zero-order chi connectivity index (χ0) is 11.1. The number of amides is 1. The number of carbonyl (C=O) groups excluding carboxylic acids is 1. The van der Waals surface area contributed by atoms with Crippen molar-refractivity contribution in [1.29, 1.82) is 0 Å². The number of rotatable bonds is 6. The van der Waals surface area contributed by atoms with E-state index >= 15 is 0 Å². The van der Waals surface area contributed by atoms with Gasteiger partial charge in [-0.3, -0.25) is 4.79 Å². The van der Waals surface area contributed by atoms with Gasteiger partial charge in [0, 0.05) is 6.54 Å². The molecule has 0 spiro atoms. The maximum absolute atomic E-state index is 11.5. The van der Waals surface area contributed by atoms with Crippen molar-refractivity contribution in [3.05, 3.63) is 16.1 Å². The lowest BCUT2D eigenvalue weighted by Crippen LogP contribution is -2.27. The number of thiazole rings is 1. The minimum atomic E-state index is -0.123. The molecular weight excluding hydrogens is 216 g/mol. The van der Waals surface area contributed by atoms with Crippen LogP contribution in [0.25, 0.3) is 0 Å². The summed E-state index contributed by atoms with van der Waals surface area (Å²) in [6.07, 6.45) is 0. The van der Waals surface area contributed by atoms with Gasteiger partial charge in [-0.2, -0.15) is 0 Å². The summed E-state index contributed by atoms with van der Waals surface area (Å²) in [5, 5.41) is 11.2. The molecule has 1 rings (SSSR count). The first-order chi connectivity index (χ1) is 7.25. The van der Waals surface area contributed by atoms with E-state index in [9.17, 15) is 4.79 Å². The zero-order valence-corrected chi connectivity index (χ0v) is 9.34. The number of carbonyl (C=O) groups is 1. The fraction of sp³-hybridized carbons (Fsp3) is 0.556. The smallest absolute Gasteiger partial charge is 0.263 e. The highest BCUT2D eigenvalue weighted by Crippen LogP contribution is 2.10. The first-order valence-corrected chi connectivity index (χ1v) is 5.50. The summed E-state index contributed by atoms with van der Waals surface area (Å²) in [5.74, 6) is -0.123. The van der Waals surface area contributed by atoms with E-state index in [1.807, 2.05) is 0 Å². The van der Waals surface area contributed by atoms with Gasteiger partial charge in [-0.05, 0) is 6.92 Å². The molecule has 0 saturated heterocycles. The highest BCUT2D eigenvalue weighted by atomic mass is 32.1. The van der Waals surface area contributed by atoms with Crippen LogP contribution in [0.2, 0.25) is 0 Å². The summed E-state index contributed by atoms with van der Waals surface area (Å²) in [6.45, 7) is 2.95. The predicted molar refractivity (Wildman–Crippen MR) is 57.1 cm³/mol. The average Bonchev–Trinajstić information content (AvgIpc) is 2.64. The maximum Gasteiger partial charge on any atom is 0.263 e. The van der Waals surface area contributed by atoms with Gasteiger partial charge in [-0.25, -0.2) is 4.98 Å². The molecule has 0 bridgehead atoms. The van der Waals surface area contributed by atoms with Crippen molar-refractivity contribution in [3.8, 4) is 0 Å². The molecule has 0 radical (unpaired) electrons. The molecule has 84 valence electrons. The summed E-state index contributed by atoms with van der Waals surface area (Å²) in [6, 6.07) is 0. The second-order valence-corrected chi connectivity index (χ2v) is 3.71. The average molecular weight is 230 g/mol. The van der Waals surface area contributed by atoms with Gasteiger partial charge in [0.2, 0.25) is 0 Å². The van der Waals surface area contributed by atoms with Crippen LogP contribution in [0.5, 0.6) is 0 Å². The number of hydrogen-bond donors (Lipinski definition) is 2. The molecule has 6 heteroatoms.